The average molecular weight is 179 g/mol. The third-order valence-corrected chi connectivity index (χ3v) is 2.23. The van der Waals surface area contributed by atoms with Gasteiger partial charge in [0.2, 0.25) is 0 Å². The van der Waals surface area contributed by atoms with Crippen LogP contribution >= 0.6 is 0 Å². The van der Waals surface area contributed by atoms with Gasteiger partial charge in [0.05, 0.1) is 0 Å². The highest BCUT2D eigenvalue weighted by atomic mass is 16.1. The summed E-state index contributed by atoms with van der Waals surface area (Å²) in [4.78, 5) is 11.8. The van der Waals surface area contributed by atoms with Gasteiger partial charge in [-0.2, -0.15) is 0 Å². The number of aryl methyl sites for hydroxylation is 2. The van der Waals surface area contributed by atoms with Crippen LogP contribution in [0.3, 0.4) is 0 Å². The highest BCUT2D eigenvalue weighted by Gasteiger charge is 2.20. The molecule has 0 aliphatic rings. The number of rotatable bonds is 0. The standard InChI is InChI=1S/C11H17NO/c1-8-6-7-12(5)10(13)9(8)11(2,3)4/h6-7H,1-5H3. The van der Waals surface area contributed by atoms with Crippen molar-refractivity contribution in [1.29, 1.82) is 0 Å². The van der Waals surface area contributed by atoms with E-state index in [1.54, 1.807) is 11.6 Å². The quantitative estimate of drug-likeness (QED) is 0.597. The van der Waals surface area contributed by atoms with Crippen LogP contribution in [-0.4, -0.2) is 4.57 Å². The third-order valence-electron chi connectivity index (χ3n) is 2.23. The Labute approximate surface area is 79.2 Å². The maximum absolute atomic E-state index is 11.8. The molecule has 1 aromatic rings. The van der Waals surface area contributed by atoms with Crippen molar-refractivity contribution >= 4 is 0 Å². The predicted molar refractivity (Wildman–Crippen MR) is 55.1 cm³/mol. The van der Waals surface area contributed by atoms with E-state index in [4.69, 9.17) is 0 Å². The van der Waals surface area contributed by atoms with Crippen molar-refractivity contribution in [3.05, 3.63) is 33.7 Å². The number of hydrogen-bond acceptors (Lipinski definition) is 1. The van der Waals surface area contributed by atoms with Crippen LogP contribution < -0.4 is 5.56 Å². The summed E-state index contributed by atoms with van der Waals surface area (Å²) in [7, 11) is 1.79. The first kappa shape index (κ1) is 10.0. The molecule has 0 aliphatic carbocycles. The smallest absolute Gasteiger partial charge is 0.254 e. The van der Waals surface area contributed by atoms with Crippen molar-refractivity contribution in [2.24, 2.45) is 7.05 Å². The summed E-state index contributed by atoms with van der Waals surface area (Å²) < 4.78 is 1.63. The number of pyridine rings is 1. The average Bonchev–Trinajstić information content (AvgIpc) is 1.95. The van der Waals surface area contributed by atoms with Crippen molar-refractivity contribution in [2.45, 2.75) is 33.1 Å². The topological polar surface area (TPSA) is 22.0 Å². The van der Waals surface area contributed by atoms with Crippen molar-refractivity contribution in [1.82, 2.24) is 4.57 Å². The van der Waals surface area contributed by atoms with Crippen LogP contribution in [0.15, 0.2) is 17.1 Å². The van der Waals surface area contributed by atoms with E-state index in [9.17, 15) is 4.79 Å². The molecule has 13 heavy (non-hydrogen) atoms. The molecule has 1 rings (SSSR count). The van der Waals surface area contributed by atoms with Crippen molar-refractivity contribution in [2.75, 3.05) is 0 Å². The number of hydrogen-bond donors (Lipinski definition) is 0. The Morgan fingerprint density at radius 2 is 1.85 bits per heavy atom. The largest absolute Gasteiger partial charge is 0.318 e. The Morgan fingerprint density at radius 3 is 2.23 bits per heavy atom. The van der Waals surface area contributed by atoms with Gasteiger partial charge in [-0.05, 0) is 24.0 Å². The van der Waals surface area contributed by atoms with Crippen molar-refractivity contribution in [3.8, 4) is 0 Å². The number of nitrogens with zero attached hydrogens (tertiary/aromatic N) is 1. The van der Waals surface area contributed by atoms with Crippen molar-refractivity contribution in [3.63, 3.8) is 0 Å². The van der Waals surface area contributed by atoms with Crippen LogP contribution in [0.5, 0.6) is 0 Å². The summed E-state index contributed by atoms with van der Waals surface area (Å²) in [5.74, 6) is 0. The van der Waals surface area contributed by atoms with E-state index in [1.165, 1.54) is 0 Å². The molecule has 0 saturated heterocycles. The SMILES string of the molecule is Cc1ccn(C)c(=O)c1C(C)(C)C. The lowest BCUT2D eigenvalue weighted by atomic mass is 9.85. The van der Waals surface area contributed by atoms with Gasteiger partial charge >= 0.3 is 0 Å². The molecule has 0 radical (unpaired) electrons. The van der Waals surface area contributed by atoms with E-state index >= 15 is 0 Å². The third kappa shape index (κ3) is 1.82. The predicted octanol–water partition coefficient (Wildman–Crippen LogP) is 1.99. The van der Waals surface area contributed by atoms with E-state index in [-0.39, 0.29) is 11.0 Å². The maximum atomic E-state index is 11.8. The second-order valence-corrected chi connectivity index (χ2v) is 4.54. The molecule has 1 aromatic heterocycles. The highest BCUT2D eigenvalue weighted by Crippen LogP contribution is 2.21. The van der Waals surface area contributed by atoms with E-state index in [2.05, 4.69) is 20.8 Å². The zero-order valence-corrected chi connectivity index (χ0v) is 9.01. The lowest BCUT2D eigenvalue weighted by Gasteiger charge is -2.20. The van der Waals surface area contributed by atoms with Gasteiger partial charge in [0.25, 0.3) is 5.56 Å². The Bertz CT molecular complexity index is 369. The lowest BCUT2D eigenvalue weighted by molar-refractivity contribution is 0.568. The Hall–Kier alpha value is -1.05. The molecule has 2 heteroatoms. The van der Waals surface area contributed by atoms with Gasteiger partial charge in [-0.1, -0.05) is 20.8 Å². The van der Waals surface area contributed by atoms with E-state index in [0.717, 1.165) is 11.1 Å². The summed E-state index contributed by atoms with van der Waals surface area (Å²) in [6.07, 6.45) is 1.81. The van der Waals surface area contributed by atoms with Crippen LogP contribution in [-0.2, 0) is 12.5 Å². The first-order chi connectivity index (χ1) is 5.84. The first-order valence-electron chi connectivity index (χ1n) is 4.51. The number of aromatic nitrogens is 1. The molecule has 0 amide bonds. The molecule has 2 nitrogen and oxygen atoms in total. The lowest BCUT2D eigenvalue weighted by Crippen LogP contribution is -2.29. The van der Waals surface area contributed by atoms with E-state index in [0.29, 0.717) is 0 Å². The monoisotopic (exact) mass is 179 g/mol. The summed E-state index contributed by atoms with van der Waals surface area (Å²) >= 11 is 0. The highest BCUT2D eigenvalue weighted by molar-refractivity contribution is 5.28. The molecule has 0 aliphatic heterocycles. The van der Waals surface area contributed by atoms with Crippen LogP contribution in [0.1, 0.15) is 31.9 Å². The summed E-state index contributed by atoms with van der Waals surface area (Å²) in [6, 6.07) is 1.99. The molecule has 0 unspecified atom stereocenters. The Kier molecular flexibility index (Phi) is 2.33. The normalized spacial score (nSPS) is 11.8. The zero-order valence-electron chi connectivity index (χ0n) is 9.01. The minimum Gasteiger partial charge on any atom is -0.318 e. The molecular formula is C11H17NO. The fourth-order valence-corrected chi connectivity index (χ4v) is 1.63. The Morgan fingerprint density at radius 1 is 1.31 bits per heavy atom. The second kappa shape index (κ2) is 3.02. The molecule has 0 aromatic carbocycles. The molecule has 1 heterocycles. The van der Waals surface area contributed by atoms with Gasteiger partial charge in [0.1, 0.15) is 0 Å². The summed E-state index contributed by atoms with van der Waals surface area (Å²) in [5, 5.41) is 0. The molecule has 0 fully saturated rings. The van der Waals surface area contributed by atoms with Gasteiger partial charge in [-0.25, -0.2) is 0 Å². The van der Waals surface area contributed by atoms with Gasteiger partial charge in [-0.15, -0.1) is 0 Å². The minimum atomic E-state index is -0.0693. The second-order valence-electron chi connectivity index (χ2n) is 4.54. The fraction of sp³-hybridized carbons (Fsp3) is 0.545. The van der Waals surface area contributed by atoms with Gasteiger partial charge in [0, 0.05) is 18.8 Å². The molecule has 0 N–H and O–H groups in total. The van der Waals surface area contributed by atoms with Crippen molar-refractivity contribution < 1.29 is 0 Å². The molecule has 0 saturated carbocycles. The van der Waals surface area contributed by atoms with Gasteiger partial charge < -0.3 is 4.57 Å². The fourth-order valence-electron chi connectivity index (χ4n) is 1.63. The van der Waals surface area contributed by atoms with Gasteiger partial charge in [-0.3, -0.25) is 4.79 Å². The van der Waals surface area contributed by atoms with E-state index < -0.39 is 0 Å². The van der Waals surface area contributed by atoms with Crippen LogP contribution in [0, 0.1) is 6.92 Å². The molecule has 0 bridgehead atoms. The first-order valence-corrected chi connectivity index (χ1v) is 4.51. The molecule has 0 atom stereocenters. The Balaban J connectivity index is 3.53. The van der Waals surface area contributed by atoms with E-state index in [1.807, 2.05) is 19.2 Å². The summed E-state index contributed by atoms with van der Waals surface area (Å²) in [6.45, 7) is 8.19. The van der Waals surface area contributed by atoms with Crippen LogP contribution in [0.4, 0.5) is 0 Å². The zero-order chi connectivity index (χ0) is 10.2. The molecular weight excluding hydrogens is 162 g/mol. The van der Waals surface area contributed by atoms with Gasteiger partial charge in [0.15, 0.2) is 0 Å². The van der Waals surface area contributed by atoms with Crippen LogP contribution in [0.2, 0.25) is 0 Å². The molecule has 0 spiro atoms. The maximum Gasteiger partial charge on any atom is 0.254 e. The van der Waals surface area contributed by atoms with Crippen LogP contribution in [0.25, 0.3) is 0 Å². The molecule has 72 valence electrons. The summed E-state index contributed by atoms with van der Waals surface area (Å²) in [5.41, 5.74) is 2.04. The minimum absolute atomic E-state index is 0.0693.